The second kappa shape index (κ2) is 3.88. The van der Waals surface area contributed by atoms with Crippen LogP contribution in [0.15, 0.2) is 0 Å². The molecule has 0 fully saturated rings. The van der Waals surface area contributed by atoms with E-state index in [1.165, 1.54) is 0 Å². The van der Waals surface area contributed by atoms with E-state index in [0.717, 1.165) is 5.69 Å². The third kappa shape index (κ3) is 1.60. The Morgan fingerprint density at radius 2 is 2.38 bits per heavy atom. The molecule has 1 aliphatic rings. The maximum absolute atomic E-state index is 11.3. The summed E-state index contributed by atoms with van der Waals surface area (Å²) in [6.45, 7) is 3.04. The van der Waals surface area contributed by atoms with E-state index in [9.17, 15) is 9.90 Å². The normalized spacial score (nSPS) is 20.8. The van der Waals surface area contributed by atoms with Gasteiger partial charge >= 0.3 is 0 Å². The second-order valence-corrected chi connectivity index (χ2v) is 4.20. The van der Waals surface area contributed by atoms with Gasteiger partial charge in [-0.2, -0.15) is 5.10 Å². The molecule has 6 nitrogen and oxygen atoms in total. The fraction of sp³-hybridized carbons (Fsp3) is 0.600. The number of hydrogen-bond acceptors (Lipinski definition) is 4. The van der Waals surface area contributed by atoms with E-state index in [-0.39, 0.29) is 12.6 Å². The first-order valence-electron chi connectivity index (χ1n) is 5.21. The van der Waals surface area contributed by atoms with Crippen LogP contribution in [0.3, 0.4) is 0 Å². The molecule has 2 heterocycles. The van der Waals surface area contributed by atoms with E-state index in [1.54, 1.807) is 11.6 Å². The number of carbonyl (C=O) groups excluding carboxylic acids is 1. The summed E-state index contributed by atoms with van der Waals surface area (Å²) in [5.74, 6) is -0.436. The molecule has 88 valence electrons. The van der Waals surface area contributed by atoms with Gasteiger partial charge in [0, 0.05) is 6.54 Å². The van der Waals surface area contributed by atoms with Crippen molar-refractivity contribution in [3.05, 3.63) is 17.0 Å². The number of nitrogens with zero attached hydrogens (tertiary/aromatic N) is 3. The Balaban J connectivity index is 2.43. The van der Waals surface area contributed by atoms with Gasteiger partial charge in [-0.05, 0) is 14.0 Å². The summed E-state index contributed by atoms with van der Waals surface area (Å²) in [4.78, 5) is 13.3. The number of nitrogens with two attached hydrogens (primary N) is 1. The molecule has 0 aliphatic carbocycles. The highest BCUT2D eigenvalue weighted by Crippen LogP contribution is 2.21. The molecule has 1 aromatic heterocycles. The van der Waals surface area contributed by atoms with Crippen molar-refractivity contribution < 1.29 is 9.90 Å². The zero-order chi connectivity index (χ0) is 11.9. The number of aryl methyl sites for hydroxylation is 1. The molecule has 1 atom stereocenters. The van der Waals surface area contributed by atoms with Crippen LogP contribution in [0.5, 0.6) is 0 Å². The Bertz CT molecular complexity index is 427. The van der Waals surface area contributed by atoms with E-state index in [1.807, 2.05) is 11.9 Å². The van der Waals surface area contributed by atoms with Crippen molar-refractivity contribution >= 4 is 5.91 Å². The van der Waals surface area contributed by atoms with Crippen molar-refractivity contribution in [3.63, 3.8) is 0 Å². The highest BCUT2D eigenvalue weighted by Gasteiger charge is 2.28. The highest BCUT2D eigenvalue weighted by atomic mass is 16.3. The SMILES string of the molecule is Cc1nn2c(c1C(N)=O)CN(C)C(CO)C2. The zero-order valence-electron chi connectivity index (χ0n) is 9.47. The average Bonchev–Trinajstić information content (AvgIpc) is 2.51. The first kappa shape index (κ1) is 11.1. The fourth-order valence-electron chi connectivity index (χ4n) is 2.16. The molecule has 0 saturated heterocycles. The molecule has 0 bridgehead atoms. The number of likely N-dealkylation sites (N-methyl/N-ethyl adjacent to an activating group) is 1. The highest BCUT2D eigenvalue weighted by molar-refractivity contribution is 5.95. The van der Waals surface area contributed by atoms with Crippen molar-refractivity contribution in [1.82, 2.24) is 14.7 Å². The molecule has 0 spiro atoms. The first-order chi connectivity index (χ1) is 7.54. The molecular weight excluding hydrogens is 208 g/mol. The van der Waals surface area contributed by atoms with E-state index < -0.39 is 5.91 Å². The van der Waals surface area contributed by atoms with Gasteiger partial charge in [0.15, 0.2) is 0 Å². The predicted octanol–water partition coefficient (Wildman–Crippen LogP) is -0.903. The number of carbonyl (C=O) groups is 1. The summed E-state index contributed by atoms with van der Waals surface area (Å²) >= 11 is 0. The summed E-state index contributed by atoms with van der Waals surface area (Å²) in [5, 5.41) is 13.5. The van der Waals surface area contributed by atoms with Crippen LogP contribution in [0.25, 0.3) is 0 Å². The Hall–Kier alpha value is -1.40. The van der Waals surface area contributed by atoms with Gasteiger partial charge in [0.2, 0.25) is 0 Å². The van der Waals surface area contributed by atoms with Gasteiger partial charge in [-0.25, -0.2) is 0 Å². The van der Waals surface area contributed by atoms with Gasteiger partial charge in [0.1, 0.15) is 0 Å². The molecule has 1 aromatic rings. The molecule has 1 unspecified atom stereocenters. The summed E-state index contributed by atoms with van der Waals surface area (Å²) < 4.78 is 1.77. The van der Waals surface area contributed by atoms with E-state index >= 15 is 0 Å². The second-order valence-electron chi connectivity index (χ2n) is 4.20. The molecule has 1 aliphatic heterocycles. The first-order valence-corrected chi connectivity index (χ1v) is 5.21. The van der Waals surface area contributed by atoms with Crippen molar-refractivity contribution in [2.45, 2.75) is 26.1 Å². The van der Waals surface area contributed by atoms with Crippen LogP contribution in [0.2, 0.25) is 0 Å². The van der Waals surface area contributed by atoms with Crippen molar-refractivity contribution in [2.75, 3.05) is 13.7 Å². The minimum atomic E-state index is -0.436. The molecular formula is C10H16N4O2. The van der Waals surface area contributed by atoms with Crippen LogP contribution in [-0.2, 0) is 13.1 Å². The van der Waals surface area contributed by atoms with Crippen molar-refractivity contribution in [1.29, 1.82) is 0 Å². The maximum Gasteiger partial charge on any atom is 0.252 e. The Morgan fingerprint density at radius 3 is 2.94 bits per heavy atom. The molecule has 3 N–H and O–H groups in total. The van der Waals surface area contributed by atoms with Crippen LogP contribution in [0.1, 0.15) is 21.7 Å². The van der Waals surface area contributed by atoms with E-state index in [2.05, 4.69) is 5.10 Å². The molecule has 6 heteroatoms. The number of amides is 1. The standard InChI is InChI=1S/C10H16N4O2/c1-6-9(10(11)16)8-4-13(2)7(5-15)3-14(8)12-6/h7,15H,3-5H2,1-2H3,(H2,11,16). The fourth-order valence-corrected chi connectivity index (χ4v) is 2.16. The van der Waals surface area contributed by atoms with E-state index in [0.29, 0.717) is 24.3 Å². The summed E-state index contributed by atoms with van der Waals surface area (Å²) in [6.07, 6.45) is 0. The van der Waals surface area contributed by atoms with Crippen LogP contribution < -0.4 is 5.73 Å². The van der Waals surface area contributed by atoms with Gasteiger partial charge in [0.25, 0.3) is 5.91 Å². The topological polar surface area (TPSA) is 84.4 Å². The molecule has 0 radical (unpaired) electrons. The van der Waals surface area contributed by atoms with Crippen molar-refractivity contribution in [2.24, 2.45) is 5.73 Å². The van der Waals surface area contributed by atoms with Crippen LogP contribution in [-0.4, -0.2) is 45.4 Å². The Kier molecular flexibility index (Phi) is 2.69. The largest absolute Gasteiger partial charge is 0.395 e. The van der Waals surface area contributed by atoms with Gasteiger partial charge < -0.3 is 10.8 Å². The number of aliphatic hydroxyl groups excluding tert-OH is 1. The lowest BCUT2D eigenvalue weighted by atomic mass is 10.1. The minimum absolute atomic E-state index is 0.0486. The number of aromatic nitrogens is 2. The lowest BCUT2D eigenvalue weighted by molar-refractivity contribution is 0.0962. The predicted molar refractivity (Wildman–Crippen MR) is 57.8 cm³/mol. The molecule has 0 aromatic carbocycles. The number of hydrogen-bond donors (Lipinski definition) is 2. The van der Waals surface area contributed by atoms with Crippen molar-refractivity contribution in [3.8, 4) is 0 Å². The van der Waals surface area contributed by atoms with Gasteiger partial charge in [-0.15, -0.1) is 0 Å². The third-order valence-electron chi connectivity index (χ3n) is 3.10. The third-order valence-corrected chi connectivity index (χ3v) is 3.10. The molecule has 1 amide bonds. The van der Waals surface area contributed by atoms with Crippen LogP contribution >= 0.6 is 0 Å². The summed E-state index contributed by atoms with van der Waals surface area (Å²) in [6, 6.07) is 0.0486. The quantitative estimate of drug-likeness (QED) is 0.681. The molecule has 2 rings (SSSR count). The van der Waals surface area contributed by atoms with Gasteiger partial charge in [-0.3, -0.25) is 14.4 Å². The summed E-state index contributed by atoms with van der Waals surface area (Å²) in [7, 11) is 1.91. The average molecular weight is 224 g/mol. The van der Waals surface area contributed by atoms with Crippen LogP contribution in [0.4, 0.5) is 0 Å². The van der Waals surface area contributed by atoms with Gasteiger partial charge in [0.05, 0.1) is 36.1 Å². The zero-order valence-corrected chi connectivity index (χ0v) is 9.47. The lowest BCUT2D eigenvalue weighted by Crippen LogP contribution is -2.43. The summed E-state index contributed by atoms with van der Waals surface area (Å²) in [5.41, 5.74) is 7.36. The minimum Gasteiger partial charge on any atom is -0.395 e. The monoisotopic (exact) mass is 224 g/mol. The smallest absolute Gasteiger partial charge is 0.252 e. The van der Waals surface area contributed by atoms with Crippen LogP contribution in [0, 0.1) is 6.92 Å². The number of fused-ring (bicyclic) bond motifs is 1. The van der Waals surface area contributed by atoms with E-state index in [4.69, 9.17) is 5.73 Å². The number of aliphatic hydroxyl groups is 1. The molecule has 16 heavy (non-hydrogen) atoms. The lowest BCUT2D eigenvalue weighted by Gasteiger charge is -2.32. The Morgan fingerprint density at radius 1 is 1.69 bits per heavy atom. The van der Waals surface area contributed by atoms with Gasteiger partial charge in [-0.1, -0.05) is 0 Å². The maximum atomic E-state index is 11.3. The molecule has 0 saturated carbocycles. The number of rotatable bonds is 2. The number of primary amides is 1. The Labute approximate surface area is 93.6 Å².